The highest BCUT2D eigenvalue weighted by molar-refractivity contribution is 5.99. The van der Waals surface area contributed by atoms with Gasteiger partial charge in [0, 0.05) is 24.0 Å². The Balaban J connectivity index is 2.06. The van der Waals surface area contributed by atoms with Gasteiger partial charge < -0.3 is 14.6 Å². The van der Waals surface area contributed by atoms with Crippen molar-refractivity contribution in [2.24, 2.45) is 0 Å². The molecule has 1 heterocycles. The second kappa shape index (κ2) is 9.40. The lowest BCUT2D eigenvalue weighted by atomic mass is 10.1. The van der Waals surface area contributed by atoms with Crippen LogP contribution in [0.3, 0.4) is 0 Å². The molecule has 1 amide bonds. The Morgan fingerprint density at radius 3 is 2.67 bits per heavy atom. The van der Waals surface area contributed by atoms with Gasteiger partial charge in [-0.1, -0.05) is 19.8 Å². The number of hydrogen-bond acceptors (Lipinski definition) is 4. The lowest BCUT2D eigenvalue weighted by Crippen LogP contribution is -2.41. The minimum Gasteiger partial charge on any atom is -0.448 e. The van der Waals surface area contributed by atoms with Gasteiger partial charge in [-0.3, -0.25) is 4.79 Å². The lowest BCUT2D eigenvalue weighted by molar-refractivity contribution is -0.151. The van der Waals surface area contributed by atoms with Crippen molar-refractivity contribution in [1.29, 1.82) is 5.26 Å². The van der Waals surface area contributed by atoms with Crippen molar-refractivity contribution in [1.82, 2.24) is 9.88 Å². The molecule has 1 aliphatic rings. The number of aryl methyl sites for hydroxylation is 1. The summed E-state index contributed by atoms with van der Waals surface area (Å²) in [5, 5.41) is 12.3. The summed E-state index contributed by atoms with van der Waals surface area (Å²) in [4.78, 5) is 24.5. The van der Waals surface area contributed by atoms with Gasteiger partial charge in [0.25, 0.3) is 5.91 Å². The molecule has 6 heteroatoms. The minimum atomic E-state index is -0.928. The first kappa shape index (κ1) is 20.8. The maximum absolute atomic E-state index is 12.4. The van der Waals surface area contributed by atoms with E-state index in [0.29, 0.717) is 0 Å². The molecule has 0 bridgehead atoms. The van der Waals surface area contributed by atoms with E-state index >= 15 is 0 Å². The van der Waals surface area contributed by atoms with E-state index in [0.717, 1.165) is 55.6 Å². The van der Waals surface area contributed by atoms with Gasteiger partial charge in [-0.2, -0.15) is 5.26 Å². The number of hydrogen-bond donors (Lipinski definition) is 1. The number of carbonyl (C=O) groups excluding carboxylic acids is 2. The van der Waals surface area contributed by atoms with Crippen LogP contribution in [-0.2, 0) is 20.9 Å². The molecular weight excluding hydrogens is 342 g/mol. The van der Waals surface area contributed by atoms with Crippen molar-refractivity contribution in [3.05, 3.63) is 28.6 Å². The fourth-order valence-corrected chi connectivity index (χ4v) is 3.50. The minimum absolute atomic E-state index is 0.104. The van der Waals surface area contributed by atoms with Gasteiger partial charge >= 0.3 is 5.97 Å². The number of carbonyl (C=O) groups is 2. The Morgan fingerprint density at radius 2 is 2.07 bits per heavy atom. The Hall–Kier alpha value is -2.55. The van der Waals surface area contributed by atoms with Crippen LogP contribution in [0.15, 0.2) is 11.6 Å². The van der Waals surface area contributed by atoms with E-state index in [4.69, 9.17) is 4.74 Å². The highest BCUT2D eigenvalue weighted by Crippen LogP contribution is 2.20. The van der Waals surface area contributed by atoms with Crippen molar-refractivity contribution < 1.29 is 14.3 Å². The Bertz CT molecular complexity index is 764. The number of amides is 1. The van der Waals surface area contributed by atoms with Crippen molar-refractivity contribution in [3.8, 4) is 6.07 Å². The van der Waals surface area contributed by atoms with E-state index in [1.54, 1.807) is 6.08 Å². The second-order valence-corrected chi connectivity index (χ2v) is 7.19. The summed E-state index contributed by atoms with van der Waals surface area (Å²) in [6, 6.07) is 4.01. The molecule has 6 nitrogen and oxygen atoms in total. The molecule has 1 aromatic rings. The quantitative estimate of drug-likeness (QED) is 0.452. The van der Waals surface area contributed by atoms with E-state index in [2.05, 4.69) is 16.8 Å². The topological polar surface area (TPSA) is 84.1 Å². The smallest absolute Gasteiger partial charge is 0.349 e. The maximum Gasteiger partial charge on any atom is 0.349 e. The number of esters is 1. The van der Waals surface area contributed by atoms with Gasteiger partial charge in [0.05, 0.1) is 0 Å². The van der Waals surface area contributed by atoms with Crippen LogP contribution in [0.4, 0.5) is 0 Å². The molecule has 0 radical (unpaired) electrons. The van der Waals surface area contributed by atoms with Crippen LogP contribution < -0.4 is 5.32 Å². The van der Waals surface area contributed by atoms with Gasteiger partial charge in [0.2, 0.25) is 0 Å². The lowest BCUT2D eigenvalue weighted by Gasteiger charge is -2.16. The van der Waals surface area contributed by atoms with Crippen LogP contribution in [0.1, 0.15) is 62.9 Å². The summed E-state index contributed by atoms with van der Waals surface area (Å²) in [7, 11) is 0. The maximum atomic E-state index is 12.4. The number of nitrogens with one attached hydrogen (secondary N) is 1. The summed E-state index contributed by atoms with van der Waals surface area (Å²) in [6.07, 6.45) is 5.75. The predicted molar refractivity (Wildman–Crippen MR) is 104 cm³/mol. The van der Waals surface area contributed by atoms with Crippen LogP contribution in [0.2, 0.25) is 0 Å². The molecule has 2 rings (SSSR count). The molecule has 1 saturated carbocycles. The van der Waals surface area contributed by atoms with E-state index in [1.807, 2.05) is 26.0 Å². The number of aromatic nitrogens is 1. The van der Waals surface area contributed by atoms with Gasteiger partial charge in [0.15, 0.2) is 6.10 Å². The molecular formula is C21H29N3O3. The Kier molecular flexibility index (Phi) is 7.23. The average Bonchev–Trinajstić information content (AvgIpc) is 3.23. The third-order valence-corrected chi connectivity index (χ3v) is 5.05. The molecule has 1 atom stereocenters. The van der Waals surface area contributed by atoms with Crippen LogP contribution in [-0.4, -0.2) is 28.6 Å². The molecule has 1 fully saturated rings. The Labute approximate surface area is 161 Å². The van der Waals surface area contributed by atoms with Crippen molar-refractivity contribution in [3.63, 3.8) is 0 Å². The van der Waals surface area contributed by atoms with E-state index in [9.17, 15) is 14.9 Å². The van der Waals surface area contributed by atoms with E-state index in [-0.39, 0.29) is 17.5 Å². The molecule has 0 saturated heterocycles. The standard InChI is InChI=1S/C21H29N3O3/c1-5-10-24-14(2)11-17(15(24)3)12-18(13-22)21(26)27-16(4)20(25)23-19-8-6-7-9-19/h11-12,16,19H,5-10H2,1-4H3,(H,23,25)/b18-12+/t16-/m1/s1. The zero-order valence-corrected chi connectivity index (χ0v) is 16.7. The normalized spacial score (nSPS) is 16.0. The van der Waals surface area contributed by atoms with Crippen molar-refractivity contribution in [2.75, 3.05) is 0 Å². The highest BCUT2D eigenvalue weighted by Gasteiger charge is 2.24. The Morgan fingerprint density at radius 1 is 1.41 bits per heavy atom. The molecule has 0 aromatic carbocycles. The predicted octanol–water partition coefficient (Wildman–Crippen LogP) is 3.41. The third-order valence-electron chi connectivity index (χ3n) is 5.05. The van der Waals surface area contributed by atoms with E-state index < -0.39 is 12.1 Å². The van der Waals surface area contributed by atoms with Gasteiger partial charge in [-0.05, 0) is 57.7 Å². The molecule has 0 unspecified atom stereocenters. The summed E-state index contributed by atoms with van der Waals surface area (Å²) >= 11 is 0. The number of nitrogens with zero attached hydrogens (tertiary/aromatic N) is 2. The summed E-state index contributed by atoms with van der Waals surface area (Å²) < 4.78 is 7.38. The summed E-state index contributed by atoms with van der Waals surface area (Å²) in [6.45, 7) is 8.48. The van der Waals surface area contributed by atoms with Crippen LogP contribution in [0, 0.1) is 25.2 Å². The number of ether oxygens (including phenoxy) is 1. The fraction of sp³-hybridized carbons (Fsp3) is 0.571. The van der Waals surface area contributed by atoms with Crippen LogP contribution >= 0.6 is 0 Å². The zero-order chi connectivity index (χ0) is 20.0. The molecule has 1 aromatic heterocycles. The molecule has 0 spiro atoms. The summed E-state index contributed by atoms with van der Waals surface area (Å²) in [5.41, 5.74) is 2.79. The van der Waals surface area contributed by atoms with Crippen LogP contribution in [0.5, 0.6) is 0 Å². The fourth-order valence-electron chi connectivity index (χ4n) is 3.50. The van der Waals surface area contributed by atoms with Crippen molar-refractivity contribution in [2.45, 2.75) is 78.5 Å². The molecule has 27 heavy (non-hydrogen) atoms. The molecule has 1 N–H and O–H groups in total. The SMILES string of the molecule is CCCn1c(C)cc(/C=C(\C#N)C(=O)O[C@H](C)C(=O)NC2CCCC2)c1C. The average molecular weight is 371 g/mol. The monoisotopic (exact) mass is 371 g/mol. The third kappa shape index (κ3) is 5.22. The molecule has 146 valence electrons. The number of rotatable bonds is 7. The first-order chi connectivity index (χ1) is 12.9. The zero-order valence-electron chi connectivity index (χ0n) is 16.7. The van der Waals surface area contributed by atoms with Crippen molar-refractivity contribution >= 4 is 18.0 Å². The first-order valence-electron chi connectivity index (χ1n) is 9.67. The molecule has 1 aliphatic carbocycles. The van der Waals surface area contributed by atoms with Gasteiger partial charge in [-0.15, -0.1) is 0 Å². The van der Waals surface area contributed by atoms with E-state index in [1.165, 1.54) is 6.92 Å². The van der Waals surface area contributed by atoms with Gasteiger partial charge in [-0.25, -0.2) is 4.79 Å². The number of nitriles is 1. The molecule has 0 aliphatic heterocycles. The summed E-state index contributed by atoms with van der Waals surface area (Å²) in [5.74, 6) is -1.08. The second-order valence-electron chi connectivity index (χ2n) is 7.19. The first-order valence-corrected chi connectivity index (χ1v) is 9.67. The van der Waals surface area contributed by atoms with Gasteiger partial charge in [0.1, 0.15) is 11.6 Å². The largest absolute Gasteiger partial charge is 0.448 e. The highest BCUT2D eigenvalue weighted by atomic mass is 16.5. The van der Waals surface area contributed by atoms with Crippen LogP contribution in [0.25, 0.3) is 6.08 Å².